The summed E-state index contributed by atoms with van der Waals surface area (Å²) in [4.78, 5) is 0. The number of aromatic hydroxyl groups is 1. The van der Waals surface area contributed by atoms with Gasteiger partial charge in [-0.2, -0.15) is 0 Å². The van der Waals surface area contributed by atoms with Crippen LogP contribution < -0.4 is 0 Å². The molecule has 0 heterocycles. The van der Waals surface area contributed by atoms with Crippen molar-refractivity contribution in [2.24, 2.45) is 5.16 Å². The van der Waals surface area contributed by atoms with Crippen LogP contribution in [0, 0.1) is 6.92 Å². The fraction of sp³-hybridized carbons (Fsp3) is 0.188. The van der Waals surface area contributed by atoms with Crippen molar-refractivity contribution >= 4 is 17.3 Å². The third-order valence-electron chi connectivity index (χ3n) is 3.20. The van der Waals surface area contributed by atoms with Crippen molar-refractivity contribution in [3.63, 3.8) is 0 Å². The highest BCUT2D eigenvalue weighted by Gasteiger charge is 2.12. The minimum absolute atomic E-state index is 0.0766. The van der Waals surface area contributed by atoms with E-state index in [0.717, 1.165) is 17.5 Å². The lowest BCUT2D eigenvalue weighted by molar-refractivity contribution is 0.317. The van der Waals surface area contributed by atoms with Crippen molar-refractivity contribution < 1.29 is 10.3 Å². The number of hydrogen-bond donors (Lipinski definition) is 2. The number of phenols is 1. The van der Waals surface area contributed by atoms with E-state index in [1.165, 1.54) is 0 Å². The van der Waals surface area contributed by atoms with Crippen molar-refractivity contribution in [2.45, 2.75) is 19.8 Å². The van der Waals surface area contributed by atoms with Gasteiger partial charge in [-0.05, 0) is 43.0 Å². The first-order valence-corrected chi connectivity index (χ1v) is 6.74. The summed E-state index contributed by atoms with van der Waals surface area (Å²) < 4.78 is 0. The summed E-state index contributed by atoms with van der Waals surface area (Å²) in [6.07, 6.45) is 1.25. The first-order valence-electron chi connectivity index (χ1n) is 6.36. The number of hydrogen-bond acceptors (Lipinski definition) is 3. The normalized spacial score (nSPS) is 11.6. The Morgan fingerprint density at radius 2 is 1.90 bits per heavy atom. The molecule has 0 fully saturated rings. The summed E-state index contributed by atoms with van der Waals surface area (Å²) in [5, 5.41) is 23.0. The van der Waals surface area contributed by atoms with E-state index in [9.17, 15) is 10.3 Å². The van der Waals surface area contributed by atoms with Crippen LogP contribution in [0.4, 0.5) is 0 Å². The quantitative estimate of drug-likeness (QED) is 0.504. The van der Waals surface area contributed by atoms with Gasteiger partial charge in [0.2, 0.25) is 0 Å². The molecule has 0 spiro atoms. The average molecular weight is 290 g/mol. The molecule has 0 amide bonds. The predicted octanol–water partition coefficient (Wildman–Crippen LogP) is 4.17. The van der Waals surface area contributed by atoms with E-state index < -0.39 is 0 Å². The first-order chi connectivity index (χ1) is 9.61. The molecule has 0 aromatic heterocycles. The monoisotopic (exact) mass is 289 g/mol. The van der Waals surface area contributed by atoms with Gasteiger partial charge in [0.15, 0.2) is 0 Å². The number of aryl methyl sites for hydroxylation is 2. The van der Waals surface area contributed by atoms with E-state index in [2.05, 4.69) is 5.16 Å². The summed E-state index contributed by atoms with van der Waals surface area (Å²) in [5.41, 5.74) is 2.83. The van der Waals surface area contributed by atoms with Crippen LogP contribution in [0.5, 0.6) is 5.75 Å². The van der Waals surface area contributed by atoms with Gasteiger partial charge in [0, 0.05) is 10.6 Å². The summed E-state index contributed by atoms with van der Waals surface area (Å²) >= 11 is 6.06. The Kier molecular flexibility index (Phi) is 4.64. The molecule has 0 saturated carbocycles. The van der Waals surface area contributed by atoms with E-state index in [1.807, 2.05) is 37.3 Å². The molecule has 4 heteroatoms. The topological polar surface area (TPSA) is 52.8 Å². The lowest BCUT2D eigenvalue weighted by atomic mass is 10.0. The highest BCUT2D eigenvalue weighted by Crippen LogP contribution is 2.27. The van der Waals surface area contributed by atoms with Crippen LogP contribution in [0.2, 0.25) is 5.02 Å². The molecule has 0 aliphatic carbocycles. The average Bonchev–Trinajstić information content (AvgIpc) is 2.46. The van der Waals surface area contributed by atoms with Gasteiger partial charge in [0.25, 0.3) is 0 Å². The molecule has 0 unspecified atom stereocenters. The van der Waals surface area contributed by atoms with Gasteiger partial charge in [-0.3, -0.25) is 0 Å². The van der Waals surface area contributed by atoms with Gasteiger partial charge in [-0.15, -0.1) is 0 Å². The second-order valence-electron chi connectivity index (χ2n) is 4.65. The van der Waals surface area contributed by atoms with Gasteiger partial charge < -0.3 is 10.3 Å². The largest absolute Gasteiger partial charge is 0.507 e. The Bertz CT molecular complexity index is 624. The molecule has 20 heavy (non-hydrogen) atoms. The summed E-state index contributed by atoms with van der Waals surface area (Å²) in [6.45, 7) is 1.81. The van der Waals surface area contributed by atoms with Crippen LogP contribution in [0.1, 0.15) is 23.1 Å². The highest BCUT2D eigenvalue weighted by atomic mass is 35.5. The van der Waals surface area contributed by atoms with Crippen molar-refractivity contribution in [1.29, 1.82) is 0 Å². The number of oxime groups is 1. The van der Waals surface area contributed by atoms with E-state index in [-0.39, 0.29) is 5.75 Å². The summed E-state index contributed by atoms with van der Waals surface area (Å²) in [6, 6.07) is 13.1. The third kappa shape index (κ3) is 3.31. The summed E-state index contributed by atoms with van der Waals surface area (Å²) in [7, 11) is 0. The van der Waals surface area contributed by atoms with E-state index >= 15 is 0 Å². The summed E-state index contributed by atoms with van der Waals surface area (Å²) in [5.74, 6) is 0.0766. The number of halogens is 1. The Morgan fingerprint density at radius 1 is 1.20 bits per heavy atom. The molecule has 0 aliphatic rings. The Morgan fingerprint density at radius 3 is 2.55 bits per heavy atom. The van der Waals surface area contributed by atoms with Crippen LogP contribution in [0.3, 0.4) is 0 Å². The Balaban J connectivity index is 2.19. The maximum absolute atomic E-state index is 9.96. The molecule has 0 atom stereocenters. The zero-order valence-corrected chi connectivity index (χ0v) is 11.9. The molecule has 2 aromatic carbocycles. The zero-order chi connectivity index (χ0) is 14.5. The molecule has 0 saturated heterocycles. The Labute approximate surface area is 123 Å². The molecule has 0 aliphatic heterocycles. The lowest BCUT2D eigenvalue weighted by Gasteiger charge is -2.09. The molecule has 2 aromatic rings. The second-order valence-corrected chi connectivity index (χ2v) is 5.06. The van der Waals surface area contributed by atoms with Crippen LogP contribution in [0.25, 0.3) is 0 Å². The van der Waals surface area contributed by atoms with Crippen LogP contribution in [-0.4, -0.2) is 16.0 Å². The van der Waals surface area contributed by atoms with E-state index in [4.69, 9.17) is 11.6 Å². The van der Waals surface area contributed by atoms with Gasteiger partial charge in [0.1, 0.15) is 5.75 Å². The van der Waals surface area contributed by atoms with Gasteiger partial charge in [-0.25, -0.2) is 0 Å². The molecule has 104 valence electrons. The minimum Gasteiger partial charge on any atom is -0.507 e. The van der Waals surface area contributed by atoms with Gasteiger partial charge in [0.05, 0.1) is 5.71 Å². The van der Waals surface area contributed by atoms with Crippen molar-refractivity contribution in [2.75, 3.05) is 0 Å². The number of benzene rings is 2. The molecule has 0 radical (unpaired) electrons. The zero-order valence-electron chi connectivity index (χ0n) is 11.2. The van der Waals surface area contributed by atoms with Crippen molar-refractivity contribution in [3.05, 3.63) is 64.2 Å². The fourth-order valence-electron chi connectivity index (χ4n) is 2.04. The molecular formula is C16H16ClNO2. The SMILES string of the molecule is Cc1cc(O)c(/C(CCc2ccccc2)=N\O)cc1Cl. The van der Waals surface area contributed by atoms with Crippen LogP contribution >= 0.6 is 11.6 Å². The highest BCUT2D eigenvalue weighted by molar-refractivity contribution is 6.31. The molecule has 3 nitrogen and oxygen atoms in total. The van der Waals surface area contributed by atoms with Crippen molar-refractivity contribution in [1.82, 2.24) is 0 Å². The van der Waals surface area contributed by atoms with Gasteiger partial charge in [-0.1, -0.05) is 47.1 Å². The van der Waals surface area contributed by atoms with Gasteiger partial charge >= 0.3 is 0 Å². The second kappa shape index (κ2) is 6.44. The molecular weight excluding hydrogens is 274 g/mol. The number of nitrogens with zero attached hydrogens (tertiary/aromatic N) is 1. The fourth-order valence-corrected chi connectivity index (χ4v) is 2.21. The molecule has 2 rings (SSSR count). The molecule has 2 N–H and O–H groups in total. The third-order valence-corrected chi connectivity index (χ3v) is 3.61. The Hall–Kier alpha value is -2.00. The number of phenolic OH excluding ortho intramolecular Hbond substituents is 1. The molecule has 0 bridgehead atoms. The number of rotatable bonds is 4. The van der Waals surface area contributed by atoms with E-state index in [0.29, 0.717) is 22.7 Å². The smallest absolute Gasteiger partial charge is 0.125 e. The lowest BCUT2D eigenvalue weighted by Crippen LogP contribution is -2.04. The van der Waals surface area contributed by atoms with Crippen molar-refractivity contribution in [3.8, 4) is 5.75 Å². The van der Waals surface area contributed by atoms with Crippen LogP contribution in [0.15, 0.2) is 47.6 Å². The van der Waals surface area contributed by atoms with Crippen LogP contribution in [-0.2, 0) is 6.42 Å². The maximum Gasteiger partial charge on any atom is 0.125 e. The maximum atomic E-state index is 9.96. The minimum atomic E-state index is 0.0766. The first kappa shape index (κ1) is 14.4. The van der Waals surface area contributed by atoms with E-state index in [1.54, 1.807) is 12.1 Å². The standard InChI is InChI=1S/C16H16ClNO2/c1-11-9-16(19)13(10-14(11)17)15(18-20)8-7-12-5-3-2-4-6-12/h2-6,9-10,19-20H,7-8H2,1H3/b18-15-. The predicted molar refractivity (Wildman–Crippen MR) is 80.9 cm³/mol.